The molecule has 3 amide bonds. The van der Waals surface area contributed by atoms with Crippen molar-refractivity contribution >= 4 is 17.7 Å². The second-order valence-electron chi connectivity index (χ2n) is 12.4. The smallest absolute Gasteiger partial charge is 0.253 e. The maximum Gasteiger partial charge on any atom is 0.253 e. The van der Waals surface area contributed by atoms with Crippen molar-refractivity contribution in [1.29, 1.82) is 0 Å². The highest BCUT2D eigenvalue weighted by Gasteiger charge is 2.21. The fourth-order valence-electron chi connectivity index (χ4n) is 4.43. The van der Waals surface area contributed by atoms with Crippen molar-refractivity contribution in [2.45, 2.75) is 99.5 Å². The number of carbonyl (C=O) groups is 3. The van der Waals surface area contributed by atoms with Crippen LogP contribution < -0.4 is 16.4 Å². The molecule has 0 saturated heterocycles. The zero-order valence-corrected chi connectivity index (χ0v) is 25.1. The molecule has 216 valence electrons. The van der Waals surface area contributed by atoms with Crippen LogP contribution in [0.15, 0.2) is 24.3 Å². The van der Waals surface area contributed by atoms with E-state index in [0.29, 0.717) is 42.0 Å². The monoisotopic (exact) mass is 530 g/mol. The van der Waals surface area contributed by atoms with Gasteiger partial charge in [0.1, 0.15) is 0 Å². The molecule has 0 spiro atoms. The number of carbonyl (C=O) groups excluding carboxylic acids is 3. The van der Waals surface area contributed by atoms with Crippen molar-refractivity contribution in [3.63, 3.8) is 0 Å². The lowest BCUT2D eigenvalue weighted by atomic mass is 10.0. The minimum absolute atomic E-state index is 0.0265. The van der Waals surface area contributed by atoms with Gasteiger partial charge in [-0.15, -0.1) is 0 Å². The van der Waals surface area contributed by atoms with Crippen molar-refractivity contribution in [2.24, 2.45) is 23.0 Å². The van der Waals surface area contributed by atoms with Gasteiger partial charge < -0.3 is 21.3 Å². The molecule has 1 aliphatic rings. The predicted molar refractivity (Wildman–Crippen MR) is 157 cm³/mol. The molecular formula is C31H54N4O3. The molecule has 1 saturated carbocycles. The van der Waals surface area contributed by atoms with Crippen LogP contribution in [0.5, 0.6) is 0 Å². The molecule has 38 heavy (non-hydrogen) atoms. The maximum absolute atomic E-state index is 12.8. The molecule has 1 aromatic carbocycles. The minimum Gasteiger partial charge on any atom is -0.356 e. The maximum atomic E-state index is 12.8. The fourth-order valence-corrected chi connectivity index (χ4v) is 4.43. The highest BCUT2D eigenvalue weighted by Crippen LogP contribution is 2.23. The Morgan fingerprint density at radius 1 is 1.00 bits per heavy atom. The van der Waals surface area contributed by atoms with Crippen molar-refractivity contribution < 1.29 is 14.4 Å². The van der Waals surface area contributed by atoms with Gasteiger partial charge >= 0.3 is 0 Å². The van der Waals surface area contributed by atoms with Crippen LogP contribution in [0.4, 0.5) is 0 Å². The molecule has 2 unspecified atom stereocenters. The highest BCUT2D eigenvalue weighted by atomic mass is 16.2. The van der Waals surface area contributed by atoms with E-state index in [-0.39, 0.29) is 36.2 Å². The summed E-state index contributed by atoms with van der Waals surface area (Å²) in [5.74, 6) is 0.104. The predicted octanol–water partition coefficient (Wildman–Crippen LogP) is 5.39. The van der Waals surface area contributed by atoms with E-state index in [9.17, 15) is 14.4 Å². The number of hydrogen-bond acceptors (Lipinski definition) is 4. The van der Waals surface area contributed by atoms with Crippen LogP contribution in [0, 0.1) is 17.3 Å². The average molecular weight is 531 g/mol. The van der Waals surface area contributed by atoms with Crippen molar-refractivity contribution in [3.05, 3.63) is 35.4 Å². The first-order chi connectivity index (χ1) is 17.8. The first kappa shape index (κ1) is 33.6. The van der Waals surface area contributed by atoms with Gasteiger partial charge in [0.2, 0.25) is 5.91 Å². The van der Waals surface area contributed by atoms with Gasteiger partial charge in [0.05, 0.1) is 0 Å². The molecule has 2 atom stereocenters. The molecule has 1 fully saturated rings. The van der Waals surface area contributed by atoms with Gasteiger partial charge in [-0.25, -0.2) is 0 Å². The van der Waals surface area contributed by atoms with Gasteiger partial charge in [0.25, 0.3) is 11.8 Å². The summed E-state index contributed by atoms with van der Waals surface area (Å²) >= 11 is 0. The SMILES string of the molecule is CC(C)(C)C.CCCN(CCC)C(=O)c1cccc(C(=O)NCC(N)CC(C)C(=O)NCC2CCCC2)c1. The third-order valence-electron chi connectivity index (χ3n) is 6.31. The molecule has 4 N–H and O–H groups in total. The number of amides is 3. The van der Waals surface area contributed by atoms with Gasteiger partial charge in [0.15, 0.2) is 0 Å². The Hall–Kier alpha value is -2.41. The quantitative estimate of drug-likeness (QED) is 0.318. The summed E-state index contributed by atoms with van der Waals surface area (Å²) in [7, 11) is 0. The van der Waals surface area contributed by atoms with E-state index in [1.165, 1.54) is 25.7 Å². The number of rotatable bonds is 13. The zero-order valence-electron chi connectivity index (χ0n) is 25.1. The molecule has 7 heteroatoms. The Morgan fingerprint density at radius 2 is 1.55 bits per heavy atom. The van der Waals surface area contributed by atoms with Crippen LogP contribution in [-0.2, 0) is 4.79 Å². The van der Waals surface area contributed by atoms with Crippen LogP contribution >= 0.6 is 0 Å². The molecular weight excluding hydrogens is 476 g/mol. The zero-order chi connectivity index (χ0) is 28.7. The third kappa shape index (κ3) is 13.9. The molecule has 0 radical (unpaired) electrons. The highest BCUT2D eigenvalue weighted by molar-refractivity contribution is 5.99. The summed E-state index contributed by atoms with van der Waals surface area (Å²) < 4.78 is 0. The van der Waals surface area contributed by atoms with E-state index in [2.05, 4.69) is 38.3 Å². The van der Waals surface area contributed by atoms with Crippen LogP contribution in [0.2, 0.25) is 0 Å². The van der Waals surface area contributed by atoms with E-state index in [1.807, 2.05) is 25.7 Å². The fraction of sp³-hybridized carbons (Fsp3) is 0.710. The topological polar surface area (TPSA) is 105 Å². The van der Waals surface area contributed by atoms with E-state index < -0.39 is 0 Å². The molecule has 7 nitrogen and oxygen atoms in total. The Balaban J connectivity index is 0.00000132. The van der Waals surface area contributed by atoms with Gasteiger partial charge in [-0.2, -0.15) is 0 Å². The summed E-state index contributed by atoms with van der Waals surface area (Å²) in [4.78, 5) is 39.6. The van der Waals surface area contributed by atoms with E-state index in [4.69, 9.17) is 5.73 Å². The molecule has 1 aliphatic carbocycles. The molecule has 2 rings (SSSR count). The second kappa shape index (κ2) is 17.2. The third-order valence-corrected chi connectivity index (χ3v) is 6.31. The van der Waals surface area contributed by atoms with Crippen LogP contribution in [0.3, 0.4) is 0 Å². The van der Waals surface area contributed by atoms with Crippen molar-refractivity contribution in [2.75, 3.05) is 26.2 Å². The van der Waals surface area contributed by atoms with Crippen LogP contribution in [0.1, 0.15) is 114 Å². The minimum atomic E-state index is -0.324. The summed E-state index contributed by atoms with van der Waals surface area (Å²) in [6.45, 7) is 17.1. The van der Waals surface area contributed by atoms with Crippen LogP contribution in [0.25, 0.3) is 0 Å². The molecule has 0 aliphatic heterocycles. The average Bonchev–Trinajstić information content (AvgIpc) is 3.38. The number of nitrogens with zero attached hydrogens (tertiary/aromatic N) is 1. The first-order valence-electron chi connectivity index (χ1n) is 14.6. The standard InChI is InChI=1S/C26H42N4O3.C5H12/c1-4-13-30(14-5-2)26(33)22-12-8-11-21(16-22)25(32)29-18-23(27)15-19(3)24(31)28-17-20-9-6-7-10-20;1-5(2,3)4/h8,11-12,16,19-20,23H,4-7,9-10,13-15,17-18,27H2,1-3H3,(H,28,31)(H,29,32);1-4H3. The Bertz CT molecular complexity index is 847. The van der Waals surface area contributed by atoms with E-state index in [0.717, 1.165) is 19.4 Å². The number of hydrogen-bond donors (Lipinski definition) is 3. The number of nitrogens with one attached hydrogen (secondary N) is 2. The second-order valence-corrected chi connectivity index (χ2v) is 12.4. The Morgan fingerprint density at radius 3 is 2.11 bits per heavy atom. The number of benzene rings is 1. The summed E-state index contributed by atoms with van der Waals surface area (Å²) in [6, 6.07) is 6.49. The van der Waals surface area contributed by atoms with Crippen molar-refractivity contribution in [3.8, 4) is 0 Å². The normalized spacial score (nSPS) is 15.2. The lowest BCUT2D eigenvalue weighted by Crippen LogP contribution is -2.41. The van der Waals surface area contributed by atoms with Crippen LogP contribution in [-0.4, -0.2) is 54.8 Å². The summed E-state index contributed by atoms with van der Waals surface area (Å²) in [5, 5.41) is 5.89. The molecule has 0 aromatic heterocycles. The summed E-state index contributed by atoms with van der Waals surface area (Å²) in [5.41, 5.74) is 7.63. The molecule has 0 heterocycles. The number of nitrogens with two attached hydrogens (primary N) is 1. The Kier molecular flexibility index (Phi) is 15.2. The van der Waals surface area contributed by atoms with Gasteiger partial charge in [-0.3, -0.25) is 14.4 Å². The largest absolute Gasteiger partial charge is 0.356 e. The van der Waals surface area contributed by atoms with E-state index in [1.54, 1.807) is 24.3 Å². The van der Waals surface area contributed by atoms with Crippen molar-refractivity contribution in [1.82, 2.24) is 15.5 Å². The first-order valence-corrected chi connectivity index (χ1v) is 14.6. The molecule has 1 aromatic rings. The lowest BCUT2D eigenvalue weighted by molar-refractivity contribution is -0.125. The van der Waals surface area contributed by atoms with Gasteiger partial charge in [0, 0.05) is 49.3 Å². The van der Waals surface area contributed by atoms with E-state index >= 15 is 0 Å². The van der Waals surface area contributed by atoms with Gasteiger partial charge in [-0.1, -0.05) is 67.4 Å². The van der Waals surface area contributed by atoms with Gasteiger partial charge in [-0.05, 0) is 61.6 Å². The lowest BCUT2D eigenvalue weighted by Gasteiger charge is -2.22. The molecule has 0 bridgehead atoms. The summed E-state index contributed by atoms with van der Waals surface area (Å²) in [6.07, 6.45) is 7.19. The Labute approximate surface area is 231 Å².